The van der Waals surface area contributed by atoms with Crippen LogP contribution < -0.4 is 5.32 Å². The molecule has 0 bridgehead atoms. The Bertz CT molecular complexity index is 685. The van der Waals surface area contributed by atoms with Crippen LogP contribution in [-0.2, 0) is 0 Å². The second kappa shape index (κ2) is 5.43. The number of nitrogens with one attached hydrogen (secondary N) is 1. The van der Waals surface area contributed by atoms with Gasteiger partial charge in [0.25, 0.3) is 0 Å². The van der Waals surface area contributed by atoms with Gasteiger partial charge in [0.1, 0.15) is 19.2 Å². The summed E-state index contributed by atoms with van der Waals surface area (Å²) in [7, 11) is 2.69. The van der Waals surface area contributed by atoms with Crippen molar-refractivity contribution in [3.63, 3.8) is 0 Å². The fourth-order valence-corrected chi connectivity index (χ4v) is 3.31. The van der Waals surface area contributed by atoms with Gasteiger partial charge in [0.15, 0.2) is 0 Å². The summed E-state index contributed by atoms with van der Waals surface area (Å²) in [5.41, 5.74) is 2.11. The van der Waals surface area contributed by atoms with Gasteiger partial charge in [-0.2, -0.15) is 0 Å². The Hall–Kier alpha value is -1.84. The lowest BCUT2D eigenvalue weighted by Crippen LogP contribution is -1.96. The lowest BCUT2D eigenvalue weighted by molar-refractivity contribution is 1.24. The van der Waals surface area contributed by atoms with Crippen molar-refractivity contribution < 1.29 is 0 Å². The first kappa shape index (κ1) is 12.2. The zero-order valence-electron chi connectivity index (χ0n) is 10.2. The molecule has 3 heterocycles. The molecule has 0 amide bonds. The quantitative estimate of drug-likeness (QED) is 0.782. The van der Waals surface area contributed by atoms with Gasteiger partial charge in [0.05, 0.1) is 16.8 Å². The summed E-state index contributed by atoms with van der Waals surface area (Å²) in [6, 6.07) is 9.87. The van der Waals surface area contributed by atoms with E-state index in [2.05, 4.69) is 20.0 Å². The molecular weight excluding hydrogens is 275 g/mol. The number of hydrogen-bond donors (Lipinski definition) is 1. The number of aryl methyl sites for hydroxylation is 1. The smallest absolute Gasteiger partial charge is 0.132 e. The third kappa shape index (κ3) is 2.95. The first-order chi connectivity index (χ1) is 9.31. The number of rotatable bonds is 3. The SMILES string of the molecule is Cc1ccnc(Nc2cccc(-c3cnps3)n2)c1. The lowest BCUT2D eigenvalue weighted by Gasteiger charge is -2.06. The van der Waals surface area contributed by atoms with Crippen LogP contribution in [0.4, 0.5) is 11.6 Å². The maximum absolute atomic E-state index is 4.58. The molecule has 0 aliphatic carbocycles. The summed E-state index contributed by atoms with van der Waals surface area (Å²) >= 11 is 0. The molecule has 94 valence electrons. The molecule has 0 spiro atoms. The van der Waals surface area contributed by atoms with E-state index in [4.69, 9.17) is 0 Å². The molecule has 0 saturated carbocycles. The Morgan fingerprint density at radius 2 is 2.16 bits per heavy atom. The summed E-state index contributed by atoms with van der Waals surface area (Å²) in [6.45, 7) is 2.04. The van der Waals surface area contributed by atoms with E-state index < -0.39 is 0 Å². The van der Waals surface area contributed by atoms with E-state index in [0.29, 0.717) is 0 Å². The highest BCUT2D eigenvalue weighted by Crippen LogP contribution is 2.28. The Morgan fingerprint density at radius 1 is 1.21 bits per heavy atom. The second-order valence-electron chi connectivity index (χ2n) is 4.03. The molecular formula is C13H11N4PS. The Kier molecular flexibility index (Phi) is 3.49. The van der Waals surface area contributed by atoms with Gasteiger partial charge in [-0.3, -0.25) is 0 Å². The first-order valence-electron chi connectivity index (χ1n) is 5.76. The molecule has 0 atom stereocenters. The highest BCUT2D eigenvalue weighted by molar-refractivity contribution is 7.79. The normalized spacial score (nSPS) is 10.8. The van der Waals surface area contributed by atoms with E-state index in [0.717, 1.165) is 29.7 Å². The topological polar surface area (TPSA) is 50.7 Å². The number of anilines is 2. The molecule has 6 heteroatoms. The van der Waals surface area contributed by atoms with Gasteiger partial charge in [0.2, 0.25) is 0 Å². The van der Waals surface area contributed by atoms with Gasteiger partial charge in [0, 0.05) is 6.20 Å². The van der Waals surface area contributed by atoms with Crippen molar-refractivity contribution in [2.45, 2.75) is 6.92 Å². The first-order valence-corrected chi connectivity index (χ1v) is 8.02. The maximum Gasteiger partial charge on any atom is 0.132 e. The van der Waals surface area contributed by atoms with Crippen LogP contribution in [0.3, 0.4) is 0 Å². The molecule has 0 aromatic carbocycles. The van der Waals surface area contributed by atoms with E-state index in [9.17, 15) is 0 Å². The third-order valence-electron chi connectivity index (χ3n) is 2.53. The third-order valence-corrected chi connectivity index (χ3v) is 4.45. The van der Waals surface area contributed by atoms with Crippen LogP contribution in [0, 0.1) is 6.92 Å². The standard InChI is InChI=1S/C13H11N4PS/c1-9-5-6-14-13(7-9)17-12-4-2-3-10(16-12)11-8-15-18-19-11/h2-8H,1H3,(H,14,16,17). The minimum Gasteiger partial charge on any atom is -0.325 e. The average Bonchev–Trinajstić information content (AvgIpc) is 2.93. The zero-order chi connectivity index (χ0) is 13.1. The van der Waals surface area contributed by atoms with Crippen LogP contribution in [0.1, 0.15) is 5.56 Å². The number of nitrogens with zero attached hydrogens (tertiary/aromatic N) is 3. The van der Waals surface area contributed by atoms with Gasteiger partial charge in [-0.05, 0) is 36.8 Å². The van der Waals surface area contributed by atoms with Crippen LogP contribution >= 0.6 is 18.5 Å². The summed E-state index contributed by atoms with van der Waals surface area (Å²) in [5.74, 6) is 1.60. The maximum atomic E-state index is 4.58. The lowest BCUT2D eigenvalue weighted by atomic mass is 10.3. The second-order valence-corrected chi connectivity index (χ2v) is 6.09. The Morgan fingerprint density at radius 3 is 2.95 bits per heavy atom. The molecule has 0 aliphatic heterocycles. The summed E-state index contributed by atoms with van der Waals surface area (Å²) in [5, 5.41) is 3.22. The van der Waals surface area contributed by atoms with Crippen molar-refractivity contribution in [2.24, 2.45) is 0 Å². The minimum absolute atomic E-state index is 0.792. The van der Waals surface area contributed by atoms with E-state index in [1.54, 1.807) is 17.1 Å². The molecule has 19 heavy (non-hydrogen) atoms. The average molecular weight is 286 g/mol. The molecule has 0 unspecified atom stereocenters. The van der Waals surface area contributed by atoms with Gasteiger partial charge in [-0.15, -0.1) is 0 Å². The van der Waals surface area contributed by atoms with Crippen LogP contribution in [-0.4, -0.2) is 14.7 Å². The molecule has 0 radical (unpaired) electrons. The molecule has 3 aromatic rings. The van der Waals surface area contributed by atoms with E-state index in [-0.39, 0.29) is 0 Å². The van der Waals surface area contributed by atoms with Crippen molar-refractivity contribution in [2.75, 3.05) is 5.32 Å². The number of aromatic nitrogens is 3. The van der Waals surface area contributed by atoms with Crippen molar-refractivity contribution in [3.8, 4) is 10.6 Å². The summed E-state index contributed by atoms with van der Waals surface area (Å²) in [6.07, 6.45) is 3.65. The highest BCUT2D eigenvalue weighted by Gasteiger charge is 2.03. The summed E-state index contributed by atoms with van der Waals surface area (Å²) < 4.78 is 4.17. The molecule has 4 nitrogen and oxygen atoms in total. The number of hydrogen-bond acceptors (Lipinski definition) is 5. The van der Waals surface area contributed by atoms with Crippen LogP contribution in [0.5, 0.6) is 0 Å². The van der Waals surface area contributed by atoms with E-state index >= 15 is 0 Å². The van der Waals surface area contributed by atoms with Crippen molar-refractivity contribution in [1.82, 2.24) is 14.7 Å². The zero-order valence-corrected chi connectivity index (χ0v) is 11.9. The van der Waals surface area contributed by atoms with Gasteiger partial charge in [-0.25, -0.2) is 14.7 Å². The molecule has 0 saturated heterocycles. The molecule has 1 N–H and O–H groups in total. The largest absolute Gasteiger partial charge is 0.325 e. The predicted molar refractivity (Wildman–Crippen MR) is 80.1 cm³/mol. The fraction of sp³-hybridized carbons (Fsp3) is 0.0769. The van der Waals surface area contributed by atoms with Crippen molar-refractivity contribution in [1.29, 1.82) is 0 Å². The van der Waals surface area contributed by atoms with Gasteiger partial charge < -0.3 is 5.32 Å². The highest BCUT2D eigenvalue weighted by atomic mass is 32.5. The van der Waals surface area contributed by atoms with Crippen LogP contribution in [0.15, 0.2) is 42.7 Å². The number of pyridine rings is 2. The monoisotopic (exact) mass is 286 g/mol. The van der Waals surface area contributed by atoms with Gasteiger partial charge in [-0.1, -0.05) is 17.0 Å². The fourth-order valence-electron chi connectivity index (χ4n) is 1.66. The summed E-state index contributed by atoms with van der Waals surface area (Å²) in [4.78, 5) is 9.95. The van der Waals surface area contributed by atoms with Crippen LogP contribution in [0.2, 0.25) is 0 Å². The predicted octanol–water partition coefficient (Wildman–Crippen LogP) is 4.23. The minimum atomic E-state index is 0.792. The van der Waals surface area contributed by atoms with E-state index in [1.807, 2.05) is 43.5 Å². The van der Waals surface area contributed by atoms with Crippen molar-refractivity contribution in [3.05, 3.63) is 48.3 Å². The molecule has 0 aliphatic rings. The van der Waals surface area contributed by atoms with Crippen LogP contribution in [0.25, 0.3) is 10.6 Å². The van der Waals surface area contributed by atoms with Crippen molar-refractivity contribution >= 4 is 30.1 Å². The van der Waals surface area contributed by atoms with E-state index in [1.165, 1.54) is 5.56 Å². The molecule has 3 aromatic heterocycles. The Labute approximate surface area is 116 Å². The molecule has 3 rings (SSSR count). The van der Waals surface area contributed by atoms with Gasteiger partial charge >= 0.3 is 0 Å². The Balaban J connectivity index is 1.88. The molecule has 0 fully saturated rings.